The second kappa shape index (κ2) is 5.66. The van der Waals surface area contributed by atoms with Crippen LogP contribution < -0.4 is 5.73 Å². The molecule has 4 nitrogen and oxygen atoms in total. The molecule has 0 aromatic carbocycles. The molecule has 1 fully saturated rings. The highest BCUT2D eigenvalue weighted by Gasteiger charge is 2.23. The van der Waals surface area contributed by atoms with E-state index in [-0.39, 0.29) is 12.6 Å². The van der Waals surface area contributed by atoms with Crippen LogP contribution in [0.5, 0.6) is 0 Å². The fourth-order valence-corrected chi connectivity index (χ4v) is 1.71. The molecule has 1 saturated heterocycles. The molecule has 1 heterocycles. The molecule has 0 amide bonds. The van der Waals surface area contributed by atoms with Crippen LogP contribution in [0.4, 0.5) is 0 Å². The van der Waals surface area contributed by atoms with E-state index in [1.54, 1.807) is 0 Å². The van der Waals surface area contributed by atoms with E-state index in [1.807, 2.05) is 0 Å². The lowest BCUT2D eigenvalue weighted by Crippen LogP contribution is -2.48. The van der Waals surface area contributed by atoms with Crippen molar-refractivity contribution in [1.82, 2.24) is 4.90 Å². The van der Waals surface area contributed by atoms with Gasteiger partial charge in [-0.3, -0.25) is 4.90 Å². The molecule has 1 aliphatic rings. The Kier molecular flexibility index (Phi) is 4.81. The maximum absolute atomic E-state index is 8.81. The van der Waals surface area contributed by atoms with Crippen LogP contribution in [0.1, 0.15) is 20.3 Å². The third kappa shape index (κ3) is 3.53. The molecule has 0 aromatic rings. The molecule has 3 atom stereocenters. The zero-order valence-electron chi connectivity index (χ0n) is 9.15. The van der Waals surface area contributed by atoms with Crippen LogP contribution in [0.25, 0.3) is 0 Å². The SMILES string of the molecule is CC1CN(CCC(N)CO)C(C)CO1. The number of aliphatic hydroxyl groups is 1. The minimum absolute atomic E-state index is 0.0777. The van der Waals surface area contributed by atoms with Gasteiger partial charge in [0, 0.05) is 25.2 Å². The molecule has 4 heteroatoms. The lowest BCUT2D eigenvalue weighted by molar-refractivity contribution is -0.0502. The van der Waals surface area contributed by atoms with E-state index in [2.05, 4.69) is 18.7 Å². The zero-order chi connectivity index (χ0) is 10.6. The first-order valence-electron chi connectivity index (χ1n) is 5.35. The van der Waals surface area contributed by atoms with Gasteiger partial charge < -0.3 is 15.6 Å². The molecule has 1 aliphatic heterocycles. The third-order valence-electron chi connectivity index (χ3n) is 2.76. The van der Waals surface area contributed by atoms with E-state index >= 15 is 0 Å². The Hall–Kier alpha value is -0.160. The minimum atomic E-state index is -0.0830. The molecule has 0 spiro atoms. The summed E-state index contributed by atoms with van der Waals surface area (Å²) in [6, 6.07) is 0.387. The number of nitrogens with two attached hydrogens (primary N) is 1. The van der Waals surface area contributed by atoms with Crippen molar-refractivity contribution in [3.05, 3.63) is 0 Å². The fraction of sp³-hybridized carbons (Fsp3) is 1.00. The van der Waals surface area contributed by atoms with E-state index in [9.17, 15) is 0 Å². The number of rotatable bonds is 4. The molecule has 0 radical (unpaired) electrons. The van der Waals surface area contributed by atoms with Crippen LogP contribution >= 0.6 is 0 Å². The van der Waals surface area contributed by atoms with Gasteiger partial charge in [0.1, 0.15) is 0 Å². The van der Waals surface area contributed by atoms with Gasteiger partial charge in [0.25, 0.3) is 0 Å². The highest BCUT2D eigenvalue weighted by atomic mass is 16.5. The van der Waals surface area contributed by atoms with Crippen molar-refractivity contribution < 1.29 is 9.84 Å². The molecular formula is C10H22N2O2. The number of ether oxygens (including phenoxy) is 1. The quantitative estimate of drug-likeness (QED) is 0.663. The van der Waals surface area contributed by atoms with Gasteiger partial charge in [-0.15, -0.1) is 0 Å². The van der Waals surface area contributed by atoms with Crippen molar-refractivity contribution in [2.45, 2.75) is 38.5 Å². The Morgan fingerprint density at radius 3 is 2.93 bits per heavy atom. The maximum Gasteiger partial charge on any atom is 0.0674 e. The molecule has 0 saturated carbocycles. The van der Waals surface area contributed by atoms with Crippen molar-refractivity contribution >= 4 is 0 Å². The van der Waals surface area contributed by atoms with Gasteiger partial charge in [0.15, 0.2) is 0 Å². The normalized spacial score (nSPS) is 31.7. The molecule has 14 heavy (non-hydrogen) atoms. The second-order valence-corrected chi connectivity index (χ2v) is 4.22. The average Bonchev–Trinajstić information content (AvgIpc) is 2.19. The number of morpholine rings is 1. The predicted molar refractivity (Wildman–Crippen MR) is 56.1 cm³/mol. The summed E-state index contributed by atoms with van der Waals surface area (Å²) in [6.45, 7) is 7.06. The molecule has 0 bridgehead atoms. The largest absolute Gasteiger partial charge is 0.395 e. The number of hydrogen-bond acceptors (Lipinski definition) is 4. The summed E-state index contributed by atoms with van der Waals surface area (Å²) in [5.41, 5.74) is 5.66. The van der Waals surface area contributed by atoms with Crippen molar-refractivity contribution in [2.24, 2.45) is 5.73 Å². The van der Waals surface area contributed by atoms with E-state index in [0.717, 1.165) is 26.1 Å². The predicted octanol–water partition coefficient (Wildman–Crippen LogP) is -0.195. The standard InChI is InChI=1S/C10H22N2O2/c1-8-7-14-9(2)5-12(8)4-3-10(11)6-13/h8-10,13H,3-7,11H2,1-2H3. The highest BCUT2D eigenvalue weighted by molar-refractivity contribution is 4.76. The number of hydrogen-bond donors (Lipinski definition) is 2. The van der Waals surface area contributed by atoms with E-state index in [1.165, 1.54) is 0 Å². The first kappa shape index (κ1) is 11.9. The van der Waals surface area contributed by atoms with Gasteiger partial charge in [-0.2, -0.15) is 0 Å². The molecular weight excluding hydrogens is 180 g/mol. The van der Waals surface area contributed by atoms with Crippen molar-refractivity contribution in [3.63, 3.8) is 0 Å². The lowest BCUT2D eigenvalue weighted by Gasteiger charge is -2.37. The average molecular weight is 202 g/mol. The summed E-state index contributed by atoms with van der Waals surface area (Å²) in [5, 5.41) is 8.81. The van der Waals surface area contributed by atoms with Gasteiger partial charge >= 0.3 is 0 Å². The lowest BCUT2D eigenvalue weighted by atomic mass is 10.1. The summed E-state index contributed by atoms with van der Waals surface area (Å²) < 4.78 is 5.53. The Balaban J connectivity index is 2.27. The Labute approximate surface area is 86.0 Å². The number of nitrogens with zero attached hydrogens (tertiary/aromatic N) is 1. The Bertz CT molecular complexity index is 166. The van der Waals surface area contributed by atoms with Gasteiger partial charge in [0.2, 0.25) is 0 Å². The van der Waals surface area contributed by atoms with E-state index in [4.69, 9.17) is 15.6 Å². The molecule has 3 unspecified atom stereocenters. The minimum Gasteiger partial charge on any atom is -0.395 e. The zero-order valence-corrected chi connectivity index (χ0v) is 9.15. The summed E-state index contributed by atoms with van der Waals surface area (Å²) >= 11 is 0. The third-order valence-corrected chi connectivity index (χ3v) is 2.76. The van der Waals surface area contributed by atoms with Gasteiger partial charge in [-0.25, -0.2) is 0 Å². The second-order valence-electron chi connectivity index (χ2n) is 4.22. The van der Waals surface area contributed by atoms with Crippen molar-refractivity contribution in [1.29, 1.82) is 0 Å². The first-order chi connectivity index (χ1) is 6.63. The van der Waals surface area contributed by atoms with Crippen LogP contribution in [0.2, 0.25) is 0 Å². The van der Waals surface area contributed by atoms with Crippen molar-refractivity contribution in [2.75, 3.05) is 26.3 Å². The van der Waals surface area contributed by atoms with E-state index < -0.39 is 0 Å². The first-order valence-corrected chi connectivity index (χ1v) is 5.35. The van der Waals surface area contributed by atoms with Crippen LogP contribution in [-0.4, -0.2) is 54.5 Å². The monoisotopic (exact) mass is 202 g/mol. The van der Waals surface area contributed by atoms with Gasteiger partial charge in [-0.05, 0) is 20.3 Å². The van der Waals surface area contributed by atoms with Crippen molar-refractivity contribution in [3.8, 4) is 0 Å². The van der Waals surface area contributed by atoms with Crippen LogP contribution in [0.15, 0.2) is 0 Å². The van der Waals surface area contributed by atoms with Gasteiger partial charge in [0.05, 0.1) is 19.3 Å². The smallest absolute Gasteiger partial charge is 0.0674 e. The summed E-state index contributed by atoms with van der Waals surface area (Å²) in [7, 11) is 0. The van der Waals surface area contributed by atoms with Crippen LogP contribution in [0.3, 0.4) is 0 Å². The maximum atomic E-state index is 8.81. The molecule has 0 aromatic heterocycles. The summed E-state index contributed by atoms with van der Waals surface area (Å²) in [6.07, 6.45) is 1.17. The number of aliphatic hydroxyl groups excluding tert-OH is 1. The molecule has 84 valence electrons. The Morgan fingerprint density at radius 1 is 1.57 bits per heavy atom. The van der Waals surface area contributed by atoms with Crippen LogP contribution in [-0.2, 0) is 4.74 Å². The Morgan fingerprint density at radius 2 is 2.29 bits per heavy atom. The van der Waals surface area contributed by atoms with Crippen LogP contribution in [0, 0.1) is 0 Å². The fourth-order valence-electron chi connectivity index (χ4n) is 1.71. The topological polar surface area (TPSA) is 58.7 Å². The summed E-state index contributed by atoms with van der Waals surface area (Å²) in [4.78, 5) is 2.38. The van der Waals surface area contributed by atoms with Gasteiger partial charge in [-0.1, -0.05) is 0 Å². The highest BCUT2D eigenvalue weighted by Crippen LogP contribution is 2.11. The van der Waals surface area contributed by atoms with E-state index in [0.29, 0.717) is 12.1 Å². The molecule has 3 N–H and O–H groups in total. The molecule has 1 rings (SSSR count). The summed E-state index contributed by atoms with van der Waals surface area (Å²) in [5.74, 6) is 0. The molecule has 0 aliphatic carbocycles.